The maximum absolute atomic E-state index is 12.9. The Balaban J connectivity index is 1.72. The van der Waals surface area contributed by atoms with Crippen molar-refractivity contribution in [3.05, 3.63) is 35.7 Å². The van der Waals surface area contributed by atoms with Crippen LogP contribution >= 0.6 is 0 Å². The monoisotopic (exact) mass is 345 g/mol. The second-order valence-corrected chi connectivity index (χ2v) is 6.57. The molecule has 7 nitrogen and oxygen atoms in total. The van der Waals surface area contributed by atoms with Gasteiger partial charge in [-0.2, -0.15) is 5.10 Å². The third kappa shape index (κ3) is 3.92. The van der Waals surface area contributed by atoms with Gasteiger partial charge in [0.1, 0.15) is 5.82 Å². The molecule has 0 unspecified atom stereocenters. The van der Waals surface area contributed by atoms with Crippen LogP contribution in [0.25, 0.3) is 0 Å². The second kappa shape index (κ2) is 8.29. The van der Waals surface area contributed by atoms with Crippen LogP contribution in [-0.4, -0.2) is 57.4 Å². The minimum Gasteiger partial charge on any atom is -0.383 e. The van der Waals surface area contributed by atoms with E-state index in [4.69, 9.17) is 4.74 Å². The summed E-state index contributed by atoms with van der Waals surface area (Å²) >= 11 is 0. The van der Waals surface area contributed by atoms with E-state index in [2.05, 4.69) is 26.7 Å². The van der Waals surface area contributed by atoms with Gasteiger partial charge in [-0.05, 0) is 19.3 Å². The van der Waals surface area contributed by atoms with Gasteiger partial charge >= 0.3 is 0 Å². The number of rotatable bonds is 7. The quantitative estimate of drug-likeness (QED) is 0.835. The first-order chi connectivity index (χ1) is 12.2. The van der Waals surface area contributed by atoms with Crippen molar-refractivity contribution in [1.82, 2.24) is 24.6 Å². The number of likely N-dealkylation sites (tertiary alicyclic amines) is 1. The average Bonchev–Trinajstić information content (AvgIpc) is 3.29. The minimum atomic E-state index is 0.0805. The summed E-state index contributed by atoms with van der Waals surface area (Å²) in [6, 6.07) is 0. The first-order valence-electron chi connectivity index (χ1n) is 9.06. The summed E-state index contributed by atoms with van der Waals surface area (Å²) in [5, 5.41) is 7.04. The largest absolute Gasteiger partial charge is 0.383 e. The van der Waals surface area contributed by atoms with Crippen molar-refractivity contribution in [2.45, 2.75) is 45.1 Å². The standard InChI is InChI=1S/C18H27N5O2/c1-3-5-16-15(12-20-21-16)18(24)23-8-4-6-14(13-23)17-19-7-9-22(17)10-11-25-2/h7,9,12,14H,3-6,8,10-11,13H2,1-2H3,(H,20,21)/t14-/m0/s1. The van der Waals surface area contributed by atoms with E-state index >= 15 is 0 Å². The summed E-state index contributed by atoms with van der Waals surface area (Å²) in [7, 11) is 1.70. The number of piperidine rings is 1. The van der Waals surface area contributed by atoms with Crippen molar-refractivity contribution < 1.29 is 9.53 Å². The number of imidazole rings is 1. The number of hydrogen-bond acceptors (Lipinski definition) is 4. The maximum Gasteiger partial charge on any atom is 0.257 e. The number of hydrogen-bond donors (Lipinski definition) is 1. The van der Waals surface area contributed by atoms with E-state index in [0.29, 0.717) is 18.7 Å². The minimum absolute atomic E-state index is 0.0805. The van der Waals surface area contributed by atoms with Gasteiger partial charge in [0.15, 0.2) is 0 Å². The van der Waals surface area contributed by atoms with Crippen LogP contribution in [0.4, 0.5) is 0 Å². The smallest absolute Gasteiger partial charge is 0.257 e. The molecule has 136 valence electrons. The summed E-state index contributed by atoms with van der Waals surface area (Å²) < 4.78 is 7.32. The molecule has 0 bridgehead atoms. The van der Waals surface area contributed by atoms with Crippen LogP contribution in [-0.2, 0) is 17.7 Å². The molecule has 1 atom stereocenters. The molecule has 0 saturated carbocycles. The van der Waals surface area contributed by atoms with Crippen molar-refractivity contribution >= 4 is 5.91 Å². The predicted molar refractivity (Wildman–Crippen MR) is 94.6 cm³/mol. The number of nitrogens with one attached hydrogen (secondary N) is 1. The van der Waals surface area contributed by atoms with Gasteiger partial charge in [0.2, 0.25) is 0 Å². The second-order valence-electron chi connectivity index (χ2n) is 6.57. The highest BCUT2D eigenvalue weighted by Gasteiger charge is 2.29. The van der Waals surface area contributed by atoms with Crippen LogP contribution < -0.4 is 0 Å². The van der Waals surface area contributed by atoms with Gasteiger partial charge in [0.05, 0.1) is 18.4 Å². The summed E-state index contributed by atoms with van der Waals surface area (Å²) in [6.45, 7) is 5.06. The zero-order chi connectivity index (χ0) is 17.6. The fraction of sp³-hybridized carbons (Fsp3) is 0.611. The highest BCUT2D eigenvalue weighted by molar-refractivity contribution is 5.95. The van der Waals surface area contributed by atoms with E-state index in [1.165, 1.54) is 0 Å². The highest BCUT2D eigenvalue weighted by Crippen LogP contribution is 2.27. The number of amides is 1. The third-order valence-electron chi connectivity index (χ3n) is 4.81. The molecule has 0 aromatic carbocycles. The normalized spacial score (nSPS) is 17.8. The Morgan fingerprint density at radius 2 is 2.36 bits per heavy atom. The number of ether oxygens (including phenoxy) is 1. The number of carbonyl (C=O) groups excluding carboxylic acids is 1. The molecule has 1 fully saturated rings. The number of nitrogens with zero attached hydrogens (tertiary/aromatic N) is 4. The number of carbonyl (C=O) groups is 1. The van der Waals surface area contributed by atoms with Crippen LogP contribution in [0, 0.1) is 0 Å². The molecule has 0 radical (unpaired) electrons. The lowest BCUT2D eigenvalue weighted by Gasteiger charge is -2.32. The molecule has 3 rings (SSSR count). The number of aromatic amines is 1. The predicted octanol–water partition coefficient (Wildman–Crippen LogP) is 2.22. The number of aromatic nitrogens is 4. The van der Waals surface area contributed by atoms with Crippen molar-refractivity contribution in [1.29, 1.82) is 0 Å². The SMILES string of the molecule is CCCc1[nH]ncc1C(=O)N1CCC[C@H](c2nccn2CCOC)C1. The van der Waals surface area contributed by atoms with E-state index in [0.717, 1.165) is 50.3 Å². The fourth-order valence-electron chi connectivity index (χ4n) is 3.54. The molecule has 2 aromatic heterocycles. The van der Waals surface area contributed by atoms with Gasteiger partial charge in [-0.3, -0.25) is 9.89 Å². The molecule has 1 amide bonds. The van der Waals surface area contributed by atoms with E-state index in [9.17, 15) is 4.79 Å². The maximum atomic E-state index is 12.9. The van der Waals surface area contributed by atoms with Crippen LogP contribution in [0.5, 0.6) is 0 Å². The fourth-order valence-corrected chi connectivity index (χ4v) is 3.54. The summed E-state index contributed by atoms with van der Waals surface area (Å²) in [4.78, 5) is 19.4. The van der Waals surface area contributed by atoms with Gasteiger partial charge < -0.3 is 14.2 Å². The van der Waals surface area contributed by atoms with Gasteiger partial charge in [0.25, 0.3) is 5.91 Å². The molecule has 1 saturated heterocycles. The van der Waals surface area contributed by atoms with Crippen molar-refractivity contribution in [3.8, 4) is 0 Å². The number of H-pyrrole nitrogens is 1. The zero-order valence-electron chi connectivity index (χ0n) is 15.1. The molecule has 1 aliphatic rings. The van der Waals surface area contributed by atoms with Gasteiger partial charge in [-0.15, -0.1) is 0 Å². The van der Waals surface area contributed by atoms with E-state index < -0.39 is 0 Å². The Morgan fingerprint density at radius 1 is 1.48 bits per heavy atom. The Hall–Kier alpha value is -2.15. The first-order valence-corrected chi connectivity index (χ1v) is 9.06. The van der Waals surface area contributed by atoms with Crippen molar-refractivity contribution in [2.75, 3.05) is 26.8 Å². The molecular formula is C18H27N5O2. The molecule has 0 aliphatic carbocycles. The number of methoxy groups -OCH3 is 1. The molecule has 1 aliphatic heterocycles. The molecule has 2 aromatic rings. The van der Waals surface area contributed by atoms with Gasteiger partial charge in [-0.25, -0.2) is 4.98 Å². The van der Waals surface area contributed by atoms with E-state index in [1.54, 1.807) is 13.3 Å². The van der Waals surface area contributed by atoms with Crippen LogP contribution in [0.3, 0.4) is 0 Å². The van der Waals surface area contributed by atoms with Crippen molar-refractivity contribution in [3.63, 3.8) is 0 Å². The lowest BCUT2D eigenvalue weighted by Crippen LogP contribution is -2.40. The molecule has 0 spiro atoms. The molecular weight excluding hydrogens is 318 g/mol. The van der Waals surface area contributed by atoms with E-state index in [1.807, 2.05) is 17.3 Å². The zero-order valence-corrected chi connectivity index (χ0v) is 15.1. The topological polar surface area (TPSA) is 76.0 Å². The third-order valence-corrected chi connectivity index (χ3v) is 4.81. The van der Waals surface area contributed by atoms with Crippen LogP contribution in [0.1, 0.15) is 54.0 Å². The van der Waals surface area contributed by atoms with Crippen molar-refractivity contribution in [2.24, 2.45) is 0 Å². The number of aryl methyl sites for hydroxylation is 1. The Bertz CT molecular complexity index is 693. The van der Waals surface area contributed by atoms with Gasteiger partial charge in [0, 0.05) is 50.7 Å². The van der Waals surface area contributed by atoms with Crippen LogP contribution in [0.15, 0.2) is 18.6 Å². The molecule has 7 heteroatoms. The summed E-state index contributed by atoms with van der Waals surface area (Å²) in [5.41, 5.74) is 1.65. The summed E-state index contributed by atoms with van der Waals surface area (Å²) in [6.07, 6.45) is 9.37. The molecule has 25 heavy (non-hydrogen) atoms. The molecule has 3 heterocycles. The lowest BCUT2D eigenvalue weighted by molar-refractivity contribution is 0.0701. The lowest BCUT2D eigenvalue weighted by atomic mass is 9.96. The average molecular weight is 345 g/mol. The Labute approximate surface area is 148 Å². The molecule has 1 N–H and O–H groups in total. The van der Waals surface area contributed by atoms with E-state index in [-0.39, 0.29) is 11.8 Å². The first kappa shape index (κ1) is 17.7. The summed E-state index contributed by atoms with van der Waals surface area (Å²) in [5.74, 6) is 1.40. The Morgan fingerprint density at radius 3 is 3.16 bits per heavy atom. The van der Waals surface area contributed by atoms with Gasteiger partial charge in [-0.1, -0.05) is 13.3 Å². The Kier molecular flexibility index (Phi) is 5.86. The van der Waals surface area contributed by atoms with Crippen LogP contribution in [0.2, 0.25) is 0 Å². The highest BCUT2D eigenvalue weighted by atomic mass is 16.5.